The minimum atomic E-state index is 1.06. The Kier molecular flexibility index (Phi) is 2.83. The van der Waals surface area contributed by atoms with Crippen LogP contribution in [-0.2, 0) is 0 Å². The second kappa shape index (κ2) is 4.51. The first-order valence-electron chi connectivity index (χ1n) is 6.58. The summed E-state index contributed by atoms with van der Waals surface area (Å²) in [6.45, 7) is 6.40. The van der Waals surface area contributed by atoms with Crippen LogP contribution in [0.3, 0.4) is 0 Å². The van der Waals surface area contributed by atoms with Crippen molar-refractivity contribution in [1.29, 1.82) is 0 Å². The topological polar surface area (TPSA) is 12.9 Å². The van der Waals surface area contributed by atoms with E-state index in [1.54, 1.807) is 0 Å². The summed E-state index contributed by atoms with van der Waals surface area (Å²) < 4.78 is 0. The first kappa shape index (κ1) is 11.9. The van der Waals surface area contributed by atoms with E-state index in [2.05, 4.69) is 68.2 Å². The van der Waals surface area contributed by atoms with Crippen LogP contribution in [0.5, 0.6) is 0 Å². The van der Waals surface area contributed by atoms with E-state index in [1.807, 2.05) is 6.20 Å². The molecule has 0 spiro atoms. The number of hydrogen-bond acceptors (Lipinski definition) is 1. The van der Waals surface area contributed by atoms with E-state index in [9.17, 15) is 0 Å². The summed E-state index contributed by atoms with van der Waals surface area (Å²) >= 11 is 0. The van der Waals surface area contributed by atoms with E-state index in [4.69, 9.17) is 0 Å². The molecule has 0 amide bonds. The van der Waals surface area contributed by atoms with Crippen LogP contribution in [0, 0.1) is 20.8 Å². The summed E-state index contributed by atoms with van der Waals surface area (Å²) in [5.74, 6) is 0. The van der Waals surface area contributed by atoms with Crippen molar-refractivity contribution >= 4 is 10.9 Å². The Balaban J connectivity index is 2.24. The summed E-state index contributed by atoms with van der Waals surface area (Å²) in [6, 6.07) is 15.2. The van der Waals surface area contributed by atoms with E-state index in [0.29, 0.717) is 0 Å². The standard InChI is InChI=1S/C18H17N/c1-12-9-15-7-8-16(10-17(15)19-11-12)18-13(2)5-4-6-14(18)3/h4-11H,1-3H3. The molecule has 0 N–H and O–H groups in total. The van der Waals surface area contributed by atoms with E-state index < -0.39 is 0 Å². The Morgan fingerprint density at radius 2 is 1.58 bits per heavy atom. The van der Waals surface area contributed by atoms with Crippen LogP contribution in [0.15, 0.2) is 48.7 Å². The molecule has 1 aromatic heterocycles. The number of fused-ring (bicyclic) bond motifs is 1. The van der Waals surface area contributed by atoms with Crippen molar-refractivity contribution in [2.45, 2.75) is 20.8 Å². The lowest BCUT2D eigenvalue weighted by Crippen LogP contribution is -1.89. The average Bonchev–Trinajstić information content (AvgIpc) is 2.38. The van der Waals surface area contributed by atoms with Gasteiger partial charge in [0.1, 0.15) is 0 Å². The molecule has 0 bridgehead atoms. The Morgan fingerprint density at radius 1 is 0.842 bits per heavy atom. The van der Waals surface area contributed by atoms with Gasteiger partial charge in [0.2, 0.25) is 0 Å². The third kappa shape index (κ3) is 2.12. The normalized spacial score (nSPS) is 10.9. The van der Waals surface area contributed by atoms with Crippen LogP contribution in [0.25, 0.3) is 22.0 Å². The van der Waals surface area contributed by atoms with Crippen molar-refractivity contribution in [2.75, 3.05) is 0 Å². The van der Waals surface area contributed by atoms with Gasteiger partial charge in [0, 0.05) is 11.6 Å². The molecule has 3 aromatic rings. The molecule has 1 heteroatoms. The molecule has 3 rings (SSSR count). The molecule has 0 atom stereocenters. The molecule has 0 aliphatic heterocycles. The summed E-state index contributed by atoms with van der Waals surface area (Å²) in [5, 5.41) is 1.20. The number of aromatic nitrogens is 1. The largest absolute Gasteiger partial charge is 0.256 e. The smallest absolute Gasteiger partial charge is 0.0708 e. The molecule has 0 aliphatic rings. The van der Waals surface area contributed by atoms with Crippen LogP contribution >= 0.6 is 0 Å². The van der Waals surface area contributed by atoms with Crippen LogP contribution in [0.2, 0.25) is 0 Å². The van der Waals surface area contributed by atoms with Crippen molar-refractivity contribution in [3.63, 3.8) is 0 Å². The summed E-state index contributed by atoms with van der Waals surface area (Å²) in [4.78, 5) is 4.53. The Labute approximate surface area is 113 Å². The highest BCUT2D eigenvalue weighted by Crippen LogP contribution is 2.29. The third-order valence-electron chi connectivity index (χ3n) is 3.59. The molecule has 0 radical (unpaired) electrons. The number of nitrogens with zero attached hydrogens (tertiary/aromatic N) is 1. The van der Waals surface area contributed by atoms with Gasteiger partial charge in [-0.05, 0) is 60.7 Å². The second-order valence-electron chi connectivity index (χ2n) is 5.19. The fraction of sp³-hybridized carbons (Fsp3) is 0.167. The highest BCUT2D eigenvalue weighted by molar-refractivity contribution is 5.85. The second-order valence-corrected chi connectivity index (χ2v) is 5.19. The molecule has 2 aromatic carbocycles. The molecule has 0 saturated carbocycles. The molecule has 94 valence electrons. The molecule has 1 heterocycles. The summed E-state index contributed by atoms with van der Waals surface area (Å²) in [7, 11) is 0. The maximum atomic E-state index is 4.53. The zero-order chi connectivity index (χ0) is 13.4. The van der Waals surface area contributed by atoms with Gasteiger partial charge in [-0.25, -0.2) is 0 Å². The predicted molar refractivity (Wildman–Crippen MR) is 81.4 cm³/mol. The number of rotatable bonds is 1. The minimum Gasteiger partial charge on any atom is -0.256 e. The fourth-order valence-corrected chi connectivity index (χ4v) is 2.66. The lowest BCUT2D eigenvalue weighted by atomic mass is 9.95. The number of aryl methyl sites for hydroxylation is 3. The SMILES string of the molecule is Cc1cnc2cc(-c3c(C)cccc3C)ccc2c1. The average molecular weight is 247 g/mol. The third-order valence-corrected chi connectivity index (χ3v) is 3.59. The van der Waals surface area contributed by atoms with Gasteiger partial charge in [-0.15, -0.1) is 0 Å². The molecule has 1 nitrogen and oxygen atoms in total. The van der Waals surface area contributed by atoms with E-state index >= 15 is 0 Å². The highest BCUT2D eigenvalue weighted by atomic mass is 14.6. The van der Waals surface area contributed by atoms with Crippen LogP contribution in [-0.4, -0.2) is 4.98 Å². The Morgan fingerprint density at radius 3 is 2.32 bits per heavy atom. The van der Waals surface area contributed by atoms with Crippen molar-refractivity contribution in [3.05, 3.63) is 65.4 Å². The van der Waals surface area contributed by atoms with E-state index in [-0.39, 0.29) is 0 Å². The fourth-order valence-electron chi connectivity index (χ4n) is 2.66. The van der Waals surface area contributed by atoms with Crippen molar-refractivity contribution in [2.24, 2.45) is 0 Å². The number of benzene rings is 2. The monoisotopic (exact) mass is 247 g/mol. The number of pyridine rings is 1. The first-order valence-corrected chi connectivity index (χ1v) is 6.58. The van der Waals surface area contributed by atoms with Crippen LogP contribution in [0.4, 0.5) is 0 Å². The van der Waals surface area contributed by atoms with Gasteiger partial charge >= 0.3 is 0 Å². The van der Waals surface area contributed by atoms with Gasteiger partial charge in [0.15, 0.2) is 0 Å². The Hall–Kier alpha value is -2.15. The Bertz CT molecular complexity index is 736. The minimum absolute atomic E-state index is 1.06. The molecule has 0 saturated heterocycles. The highest BCUT2D eigenvalue weighted by Gasteiger charge is 2.06. The van der Waals surface area contributed by atoms with Gasteiger partial charge in [-0.3, -0.25) is 4.98 Å². The molecule has 0 aliphatic carbocycles. The lowest BCUT2D eigenvalue weighted by Gasteiger charge is -2.10. The van der Waals surface area contributed by atoms with Crippen molar-refractivity contribution < 1.29 is 0 Å². The maximum absolute atomic E-state index is 4.53. The zero-order valence-corrected chi connectivity index (χ0v) is 11.6. The summed E-state index contributed by atoms with van der Waals surface area (Å²) in [6.07, 6.45) is 1.93. The van der Waals surface area contributed by atoms with E-state index in [0.717, 1.165) is 5.52 Å². The van der Waals surface area contributed by atoms with E-state index in [1.165, 1.54) is 33.2 Å². The zero-order valence-electron chi connectivity index (χ0n) is 11.6. The number of hydrogen-bond donors (Lipinski definition) is 0. The summed E-state index contributed by atoms with van der Waals surface area (Å²) in [5.41, 5.74) is 7.46. The van der Waals surface area contributed by atoms with Gasteiger partial charge in [-0.2, -0.15) is 0 Å². The van der Waals surface area contributed by atoms with Crippen molar-refractivity contribution in [1.82, 2.24) is 4.98 Å². The molecule has 19 heavy (non-hydrogen) atoms. The molecule has 0 unspecified atom stereocenters. The molecular formula is C18H17N. The van der Waals surface area contributed by atoms with Gasteiger partial charge in [0.25, 0.3) is 0 Å². The van der Waals surface area contributed by atoms with Crippen LogP contribution < -0.4 is 0 Å². The van der Waals surface area contributed by atoms with Crippen LogP contribution in [0.1, 0.15) is 16.7 Å². The lowest BCUT2D eigenvalue weighted by molar-refractivity contribution is 1.33. The van der Waals surface area contributed by atoms with Gasteiger partial charge in [-0.1, -0.05) is 30.3 Å². The van der Waals surface area contributed by atoms with Crippen molar-refractivity contribution in [3.8, 4) is 11.1 Å². The quantitative estimate of drug-likeness (QED) is 0.600. The first-order chi connectivity index (χ1) is 9.15. The predicted octanol–water partition coefficient (Wildman–Crippen LogP) is 4.83. The van der Waals surface area contributed by atoms with Gasteiger partial charge < -0.3 is 0 Å². The van der Waals surface area contributed by atoms with Gasteiger partial charge in [0.05, 0.1) is 5.52 Å². The maximum Gasteiger partial charge on any atom is 0.0708 e. The molecular weight excluding hydrogens is 230 g/mol. The molecule has 0 fully saturated rings.